The number of rotatable bonds is 6. The van der Waals surface area contributed by atoms with Gasteiger partial charge in [0.25, 0.3) is 5.56 Å². The van der Waals surface area contributed by atoms with E-state index in [4.69, 9.17) is 4.74 Å². The van der Waals surface area contributed by atoms with Gasteiger partial charge in [-0.3, -0.25) is 9.59 Å². The maximum absolute atomic E-state index is 12.1. The number of ether oxygens (including phenoxy) is 1. The third-order valence-corrected chi connectivity index (χ3v) is 4.64. The Labute approximate surface area is 149 Å². The Morgan fingerprint density at radius 2 is 2.04 bits per heavy atom. The quantitative estimate of drug-likeness (QED) is 0.414. The van der Waals surface area contributed by atoms with Crippen LogP contribution in [0.25, 0.3) is 10.9 Å². The van der Waals surface area contributed by atoms with Crippen molar-refractivity contribution in [3.8, 4) is 5.75 Å². The Hall–Kier alpha value is -2.60. The molecule has 0 saturated carbocycles. The van der Waals surface area contributed by atoms with Crippen LogP contribution in [0.2, 0.25) is 0 Å². The van der Waals surface area contributed by atoms with Gasteiger partial charge in [-0.15, -0.1) is 0 Å². The van der Waals surface area contributed by atoms with E-state index in [1.807, 2.05) is 37.3 Å². The van der Waals surface area contributed by atoms with Crippen LogP contribution in [0.3, 0.4) is 0 Å². The summed E-state index contributed by atoms with van der Waals surface area (Å²) in [7, 11) is 0. The van der Waals surface area contributed by atoms with Crippen molar-refractivity contribution in [2.24, 2.45) is 0 Å². The molecule has 0 radical (unpaired) electrons. The van der Waals surface area contributed by atoms with Crippen molar-refractivity contribution < 1.29 is 9.53 Å². The summed E-state index contributed by atoms with van der Waals surface area (Å²) in [6, 6.07) is 12.6. The van der Waals surface area contributed by atoms with E-state index in [1.54, 1.807) is 12.1 Å². The van der Waals surface area contributed by atoms with E-state index < -0.39 is 0 Å². The minimum Gasteiger partial charge on any atom is -0.494 e. The molecule has 0 bridgehead atoms. The molecule has 1 N–H and O–H groups in total. The zero-order chi connectivity index (χ0) is 17.8. The lowest BCUT2D eigenvalue weighted by Gasteiger charge is -2.11. The summed E-state index contributed by atoms with van der Waals surface area (Å²) in [5, 5.41) is 1.11. The van der Waals surface area contributed by atoms with Crippen molar-refractivity contribution in [2.45, 2.75) is 24.8 Å². The van der Waals surface area contributed by atoms with Gasteiger partial charge in [-0.05, 0) is 44.2 Å². The molecule has 0 saturated heterocycles. The summed E-state index contributed by atoms with van der Waals surface area (Å²) in [6.07, 6.45) is 0. The Morgan fingerprint density at radius 3 is 2.80 bits per heavy atom. The number of H-pyrrole nitrogens is 1. The number of para-hydroxylation sites is 1. The summed E-state index contributed by atoms with van der Waals surface area (Å²) >= 11 is 1.41. The third kappa shape index (κ3) is 3.91. The number of Topliss-reactive ketones (excluding diaryl/α,β-unsaturated/α-hetero) is 1. The van der Waals surface area contributed by atoms with Crippen molar-refractivity contribution >= 4 is 28.4 Å². The highest BCUT2D eigenvalue weighted by Gasteiger charge is 2.10. The highest BCUT2D eigenvalue weighted by Crippen LogP contribution is 2.28. The molecule has 0 spiro atoms. The predicted octanol–water partition coefficient (Wildman–Crippen LogP) is 3.82. The number of nitrogens with zero attached hydrogens (tertiary/aromatic N) is 1. The van der Waals surface area contributed by atoms with Crippen LogP contribution in [-0.2, 0) is 5.75 Å². The Kier molecular flexibility index (Phi) is 5.19. The van der Waals surface area contributed by atoms with Crippen LogP contribution >= 0.6 is 11.8 Å². The predicted molar refractivity (Wildman–Crippen MR) is 99.5 cm³/mol. The van der Waals surface area contributed by atoms with Gasteiger partial charge in [-0.1, -0.05) is 23.9 Å². The van der Waals surface area contributed by atoms with Gasteiger partial charge in [0, 0.05) is 16.9 Å². The van der Waals surface area contributed by atoms with Gasteiger partial charge >= 0.3 is 0 Å². The number of benzene rings is 2. The molecular formula is C19H18N2O3S. The van der Waals surface area contributed by atoms with E-state index in [0.717, 1.165) is 11.3 Å². The van der Waals surface area contributed by atoms with E-state index in [1.165, 1.54) is 18.7 Å². The molecule has 0 fully saturated rings. The Balaban J connectivity index is 1.89. The monoisotopic (exact) mass is 354 g/mol. The number of thioether (sulfide) groups is 1. The summed E-state index contributed by atoms with van der Waals surface area (Å²) < 4.78 is 5.64. The number of nitrogens with one attached hydrogen (secondary N) is 1. The molecule has 5 nitrogen and oxygen atoms in total. The Bertz CT molecular complexity index is 982. The molecule has 0 aliphatic carbocycles. The van der Waals surface area contributed by atoms with E-state index >= 15 is 0 Å². The molecular weight excluding hydrogens is 336 g/mol. The van der Waals surface area contributed by atoms with Gasteiger partial charge in [0.2, 0.25) is 0 Å². The first kappa shape index (κ1) is 17.2. The number of carbonyl (C=O) groups is 1. The smallest absolute Gasteiger partial charge is 0.259 e. The van der Waals surface area contributed by atoms with Gasteiger partial charge in [-0.25, -0.2) is 4.98 Å². The number of fused-ring (bicyclic) bond motifs is 1. The summed E-state index contributed by atoms with van der Waals surface area (Å²) in [5.41, 5.74) is 2.04. The molecule has 3 rings (SSSR count). The number of carbonyl (C=O) groups excluding carboxylic acids is 1. The summed E-state index contributed by atoms with van der Waals surface area (Å²) in [6.45, 7) is 4.00. The fraction of sp³-hybridized carbons (Fsp3) is 0.211. The molecule has 128 valence electrons. The van der Waals surface area contributed by atoms with Crippen LogP contribution in [-0.4, -0.2) is 22.4 Å². The number of aromatic amines is 1. The average Bonchev–Trinajstić information content (AvgIpc) is 2.61. The lowest BCUT2D eigenvalue weighted by molar-refractivity contribution is 0.101. The molecule has 6 heteroatoms. The molecule has 3 aromatic rings. The van der Waals surface area contributed by atoms with Crippen LogP contribution in [0.15, 0.2) is 52.4 Å². The number of hydrogen-bond acceptors (Lipinski definition) is 5. The maximum atomic E-state index is 12.1. The molecule has 0 unspecified atom stereocenters. The van der Waals surface area contributed by atoms with Crippen molar-refractivity contribution in [2.75, 3.05) is 6.61 Å². The second-order valence-corrected chi connectivity index (χ2v) is 6.45. The highest BCUT2D eigenvalue weighted by molar-refractivity contribution is 7.98. The SMILES string of the molecule is CCOc1ccc(C(C)=O)cc1CSc1nc2ccccc2c(=O)[nH]1. The molecule has 0 aliphatic heterocycles. The highest BCUT2D eigenvalue weighted by atomic mass is 32.2. The molecule has 0 aliphatic rings. The van der Waals surface area contributed by atoms with Crippen LogP contribution in [0.4, 0.5) is 0 Å². The second-order valence-electron chi connectivity index (χ2n) is 5.49. The number of hydrogen-bond donors (Lipinski definition) is 1. The first-order chi connectivity index (χ1) is 12.1. The fourth-order valence-corrected chi connectivity index (χ4v) is 3.33. The molecule has 0 amide bonds. The lowest BCUT2D eigenvalue weighted by atomic mass is 10.1. The minimum atomic E-state index is -0.157. The summed E-state index contributed by atoms with van der Waals surface area (Å²) in [4.78, 5) is 31.1. The van der Waals surface area contributed by atoms with E-state index in [2.05, 4.69) is 9.97 Å². The zero-order valence-electron chi connectivity index (χ0n) is 14.0. The standard InChI is InChI=1S/C19H18N2O3S/c1-3-24-17-9-8-13(12(2)22)10-14(17)11-25-19-20-16-7-5-4-6-15(16)18(23)21-19/h4-10H,3,11H2,1-2H3,(H,20,21,23). The Morgan fingerprint density at radius 1 is 1.24 bits per heavy atom. The van der Waals surface area contributed by atoms with E-state index in [9.17, 15) is 9.59 Å². The van der Waals surface area contributed by atoms with Crippen molar-refractivity contribution in [1.29, 1.82) is 0 Å². The maximum Gasteiger partial charge on any atom is 0.259 e. The van der Waals surface area contributed by atoms with Crippen molar-refractivity contribution in [3.63, 3.8) is 0 Å². The van der Waals surface area contributed by atoms with Crippen molar-refractivity contribution in [3.05, 3.63) is 63.9 Å². The number of aromatic nitrogens is 2. The third-order valence-electron chi connectivity index (χ3n) is 3.72. The zero-order valence-corrected chi connectivity index (χ0v) is 14.9. The molecule has 0 atom stereocenters. The first-order valence-electron chi connectivity index (χ1n) is 7.97. The number of ketones is 1. The summed E-state index contributed by atoms with van der Waals surface area (Å²) in [5.74, 6) is 1.28. The molecule has 1 aromatic heterocycles. The topological polar surface area (TPSA) is 72.0 Å². The fourth-order valence-electron chi connectivity index (χ4n) is 2.49. The minimum absolute atomic E-state index is 0.00605. The molecule has 1 heterocycles. The lowest BCUT2D eigenvalue weighted by Crippen LogP contribution is -2.09. The van der Waals surface area contributed by atoms with Gasteiger partial charge in [-0.2, -0.15) is 0 Å². The molecule has 25 heavy (non-hydrogen) atoms. The van der Waals surface area contributed by atoms with Crippen LogP contribution in [0.5, 0.6) is 5.75 Å². The normalized spacial score (nSPS) is 10.8. The van der Waals surface area contributed by atoms with Crippen LogP contribution in [0.1, 0.15) is 29.8 Å². The van der Waals surface area contributed by atoms with Gasteiger partial charge in [0.1, 0.15) is 5.75 Å². The van der Waals surface area contributed by atoms with Gasteiger partial charge in [0.05, 0.1) is 17.5 Å². The largest absolute Gasteiger partial charge is 0.494 e. The van der Waals surface area contributed by atoms with E-state index in [-0.39, 0.29) is 11.3 Å². The first-order valence-corrected chi connectivity index (χ1v) is 8.95. The van der Waals surface area contributed by atoms with E-state index in [0.29, 0.717) is 34.0 Å². The molecule has 2 aromatic carbocycles. The van der Waals surface area contributed by atoms with Crippen LogP contribution in [0, 0.1) is 0 Å². The van der Waals surface area contributed by atoms with Gasteiger partial charge in [0.15, 0.2) is 10.9 Å². The second kappa shape index (κ2) is 7.53. The van der Waals surface area contributed by atoms with Crippen molar-refractivity contribution in [1.82, 2.24) is 9.97 Å². The van der Waals surface area contributed by atoms with Crippen LogP contribution < -0.4 is 10.3 Å². The van der Waals surface area contributed by atoms with Gasteiger partial charge < -0.3 is 9.72 Å². The average molecular weight is 354 g/mol.